The Hall–Kier alpha value is -2.12. The first-order valence-electron chi connectivity index (χ1n) is 6.87. The zero-order valence-corrected chi connectivity index (χ0v) is 11.9. The number of carboxylic acid groups (broad SMARTS) is 2. The van der Waals surface area contributed by atoms with Crippen LogP contribution in [0.15, 0.2) is 0 Å². The molecule has 21 heavy (non-hydrogen) atoms. The van der Waals surface area contributed by atoms with Crippen LogP contribution in [-0.2, 0) is 19.2 Å². The number of amides is 2. The highest BCUT2D eigenvalue weighted by Gasteiger charge is 2.34. The molecule has 0 aromatic carbocycles. The molecule has 0 saturated carbocycles. The van der Waals surface area contributed by atoms with Crippen LogP contribution >= 0.6 is 0 Å². The van der Waals surface area contributed by atoms with Gasteiger partial charge in [0.15, 0.2) is 0 Å². The number of likely N-dealkylation sites (tertiary alicyclic amines) is 1. The lowest BCUT2D eigenvalue weighted by Crippen LogP contribution is -2.44. The Morgan fingerprint density at radius 1 is 1.38 bits per heavy atom. The molecule has 2 amide bonds. The predicted molar refractivity (Wildman–Crippen MR) is 71.4 cm³/mol. The van der Waals surface area contributed by atoms with Gasteiger partial charge in [-0.25, -0.2) is 4.79 Å². The molecule has 0 radical (unpaired) electrons. The van der Waals surface area contributed by atoms with Crippen LogP contribution in [0.25, 0.3) is 0 Å². The summed E-state index contributed by atoms with van der Waals surface area (Å²) in [5.74, 6) is -3.34. The van der Waals surface area contributed by atoms with Crippen LogP contribution in [0.4, 0.5) is 0 Å². The van der Waals surface area contributed by atoms with Crippen molar-refractivity contribution in [2.45, 2.75) is 38.6 Å². The summed E-state index contributed by atoms with van der Waals surface area (Å²) in [7, 11) is 0. The summed E-state index contributed by atoms with van der Waals surface area (Å²) < 4.78 is 0. The molecule has 1 aliphatic heterocycles. The molecule has 2 atom stereocenters. The Balaban J connectivity index is 2.51. The lowest BCUT2D eigenvalue weighted by atomic mass is 10.1. The van der Waals surface area contributed by atoms with Crippen LogP contribution in [-0.4, -0.2) is 58.0 Å². The van der Waals surface area contributed by atoms with Crippen molar-refractivity contribution in [1.82, 2.24) is 10.2 Å². The molecule has 3 N–H and O–H groups in total. The van der Waals surface area contributed by atoms with Crippen LogP contribution in [0.5, 0.6) is 0 Å². The highest BCUT2D eigenvalue weighted by molar-refractivity contribution is 5.91. The van der Waals surface area contributed by atoms with E-state index in [2.05, 4.69) is 5.32 Å². The van der Waals surface area contributed by atoms with Crippen molar-refractivity contribution in [3.05, 3.63) is 0 Å². The van der Waals surface area contributed by atoms with Crippen molar-refractivity contribution in [3.63, 3.8) is 0 Å². The number of carboxylic acids is 2. The van der Waals surface area contributed by atoms with Crippen LogP contribution in [0.3, 0.4) is 0 Å². The summed E-state index contributed by atoms with van der Waals surface area (Å²) in [6.45, 7) is 2.62. The van der Waals surface area contributed by atoms with Gasteiger partial charge in [-0.05, 0) is 19.8 Å². The van der Waals surface area contributed by atoms with Crippen LogP contribution < -0.4 is 5.32 Å². The number of nitrogens with one attached hydrogen (secondary N) is 1. The van der Waals surface area contributed by atoms with Crippen molar-refractivity contribution in [3.8, 4) is 0 Å². The van der Waals surface area contributed by atoms with Gasteiger partial charge in [-0.3, -0.25) is 14.4 Å². The Bertz CT molecular complexity index is 436. The fourth-order valence-electron chi connectivity index (χ4n) is 2.26. The molecule has 1 unspecified atom stereocenters. The number of carbonyl (C=O) groups is 4. The monoisotopic (exact) mass is 300 g/mol. The second-order valence-corrected chi connectivity index (χ2v) is 5.02. The first-order chi connectivity index (χ1) is 9.85. The molecule has 0 bridgehead atoms. The van der Waals surface area contributed by atoms with Crippen LogP contribution in [0.2, 0.25) is 0 Å². The average Bonchev–Trinajstić information content (AvgIpc) is 2.78. The summed E-state index contributed by atoms with van der Waals surface area (Å²) in [5.41, 5.74) is 0. The minimum absolute atomic E-state index is 0.0472. The van der Waals surface area contributed by atoms with Gasteiger partial charge < -0.3 is 20.4 Å². The number of hydrogen-bond donors (Lipinski definition) is 3. The summed E-state index contributed by atoms with van der Waals surface area (Å²) in [5, 5.41) is 20.0. The minimum Gasteiger partial charge on any atom is -0.481 e. The molecule has 1 aliphatic rings. The first kappa shape index (κ1) is 16.9. The van der Waals surface area contributed by atoms with E-state index >= 15 is 0 Å². The molecule has 0 aliphatic carbocycles. The smallest absolute Gasteiger partial charge is 0.326 e. The molecule has 1 rings (SSSR count). The van der Waals surface area contributed by atoms with Gasteiger partial charge >= 0.3 is 11.9 Å². The average molecular weight is 300 g/mol. The maximum atomic E-state index is 12.0. The fourth-order valence-corrected chi connectivity index (χ4v) is 2.26. The maximum absolute atomic E-state index is 12.0. The number of carbonyl (C=O) groups excluding carboxylic acids is 2. The van der Waals surface area contributed by atoms with E-state index in [0.717, 1.165) is 0 Å². The van der Waals surface area contributed by atoms with Crippen molar-refractivity contribution < 1.29 is 29.4 Å². The fraction of sp³-hybridized carbons (Fsp3) is 0.692. The zero-order chi connectivity index (χ0) is 16.0. The molecule has 1 heterocycles. The summed E-state index contributed by atoms with van der Waals surface area (Å²) in [4.78, 5) is 46.6. The van der Waals surface area contributed by atoms with E-state index in [1.54, 1.807) is 4.90 Å². The molecular formula is C13H20N2O6. The van der Waals surface area contributed by atoms with E-state index in [9.17, 15) is 19.2 Å². The van der Waals surface area contributed by atoms with Crippen molar-refractivity contribution in [2.24, 2.45) is 5.92 Å². The number of aliphatic carboxylic acids is 2. The molecule has 0 aromatic heterocycles. The van der Waals surface area contributed by atoms with E-state index in [-0.39, 0.29) is 31.6 Å². The second kappa shape index (κ2) is 7.61. The summed E-state index contributed by atoms with van der Waals surface area (Å²) in [6, 6.07) is -1.12. The molecule has 1 saturated heterocycles. The Kier molecular flexibility index (Phi) is 6.13. The molecule has 1 fully saturated rings. The largest absolute Gasteiger partial charge is 0.481 e. The van der Waals surface area contributed by atoms with Gasteiger partial charge in [0.1, 0.15) is 6.04 Å². The summed E-state index contributed by atoms with van der Waals surface area (Å²) >= 11 is 0. The third kappa shape index (κ3) is 5.05. The second-order valence-electron chi connectivity index (χ2n) is 5.02. The molecule has 0 spiro atoms. The van der Waals surface area contributed by atoms with Crippen molar-refractivity contribution >= 4 is 23.8 Å². The van der Waals surface area contributed by atoms with Gasteiger partial charge in [0, 0.05) is 25.9 Å². The minimum atomic E-state index is -1.20. The highest BCUT2D eigenvalue weighted by atomic mass is 16.4. The quantitative estimate of drug-likeness (QED) is 0.564. The molecule has 118 valence electrons. The molecular weight excluding hydrogens is 280 g/mol. The van der Waals surface area contributed by atoms with E-state index in [1.165, 1.54) is 0 Å². The lowest BCUT2D eigenvalue weighted by molar-refractivity contribution is -0.143. The van der Waals surface area contributed by atoms with Crippen molar-refractivity contribution in [1.29, 1.82) is 0 Å². The predicted octanol–water partition coefficient (Wildman–Crippen LogP) is -0.321. The van der Waals surface area contributed by atoms with Gasteiger partial charge in [-0.1, -0.05) is 0 Å². The zero-order valence-electron chi connectivity index (χ0n) is 11.9. The SMILES string of the molecule is CCN1CC(C(=O)N[C@H](CCCC(=O)O)C(=O)O)CC1=O. The Labute approximate surface area is 122 Å². The maximum Gasteiger partial charge on any atom is 0.326 e. The van der Waals surface area contributed by atoms with Gasteiger partial charge in [0.25, 0.3) is 0 Å². The standard InChI is InChI=1S/C13H20N2O6/c1-2-15-7-8(6-10(15)16)12(19)14-9(13(20)21)4-3-5-11(17)18/h8-9H,2-7H2,1H3,(H,14,19)(H,17,18)(H,20,21)/t8?,9-/m1/s1. The Morgan fingerprint density at radius 2 is 2.05 bits per heavy atom. The third-order valence-electron chi connectivity index (χ3n) is 3.47. The van der Waals surface area contributed by atoms with E-state index < -0.39 is 29.8 Å². The normalized spacial score (nSPS) is 19.4. The topological polar surface area (TPSA) is 124 Å². The third-order valence-corrected chi connectivity index (χ3v) is 3.47. The van der Waals surface area contributed by atoms with E-state index in [0.29, 0.717) is 13.1 Å². The van der Waals surface area contributed by atoms with E-state index in [4.69, 9.17) is 10.2 Å². The molecule has 8 heteroatoms. The molecule has 0 aromatic rings. The number of nitrogens with zero attached hydrogens (tertiary/aromatic N) is 1. The van der Waals surface area contributed by atoms with Gasteiger partial charge in [-0.2, -0.15) is 0 Å². The van der Waals surface area contributed by atoms with Gasteiger partial charge in [-0.15, -0.1) is 0 Å². The lowest BCUT2D eigenvalue weighted by Gasteiger charge is -2.17. The Morgan fingerprint density at radius 3 is 2.52 bits per heavy atom. The first-order valence-corrected chi connectivity index (χ1v) is 6.87. The number of hydrogen-bond acceptors (Lipinski definition) is 4. The van der Waals surface area contributed by atoms with Crippen LogP contribution in [0.1, 0.15) is 32.6 Å². The van der Waals surface area contributed by atoms with Crippen LogP contribution in [0, 0.1) is 5.92 Å². The van der Waals surface area contributed by atoms with Gasteiger partial charge in [0.05, 0.1) is 5.92 Å². The van der Waals surface area contributed by atoms with E-state index in [1.807, 2.05) is 6.92 Å². The van der Waals surface area contributed by atoms with Crippen molar-refractivity contribution in [2.75, 3.05) is 13.1 Å². The highest BCUT2D eigenvalue weighted by Crippen LogP contribution is 2.18. The summed E-state index contributed by atoms with van der Waals surface area (Å²) in [6.07, 6.45) is 0.148. The van der Waals surface area contributed by atoms with Gasteiger partial charge in [0.2, 0.25) is 11.8 Å². The number of rotatable bonds is 8. The molecule has 8 nitrogen and oxygen atoms in total.